The molecule has 12 nitrogen and oxygen atoms in total. The van der Waals surface area contributed by atoms with Crippen LogP contribution in [0.1, 0.15) is 85.5 Å². The number of esters is 1. The molecule has 0 heterocycles. The van der Waals surface area contributed by atoms with Gasteiger partial charge in [0, 0.05) is 36.5 Å². The lowest BCUT2D eigenvalue weighted by Gasteiger charge is -2.26. The quantitative estimate of drug-likeness (QED) is 0.0336. The van der Waals surface area contributed by atoms with Crippen molar-refractivity contribution in [1.29, 1.82) is 0 Å². The molecule has 50 heavy (non-hydrogen) atoms. The van der Waals surface area contributed by atoms with E-state index >= 15 is 0 Å². The number of non-ortho nitro benzene ring substituents is 1. The zero-order chi connectivity index (χ0) is 36.4. The summed E-state index contributed by atoms with van der Waals surface area (Å²) in [5.74, 6) is 0.650. The number of unbranched alkanes of at least 4 members (excludes halogenated alkanes) is 7. The van der Waals surface area contributed by atoms with Gasteiger partial charge in [-0.05, 0) is 63.1 Å². The number of nitro benzene ring substituents is 1. The zero-order valence-corrected chi connectivity index (χ0v) is 30.4. The van der Waals surface area contributed by atoms with Crippen LogP contribution in [0.2, 0.25) is 0 Å². The van der Waals surface area contributed by atoms with E-state index in [1.54, 1.807) is 12.1 Å². The molecule has 0 spiro atoms. The number of hydrogen-bond donors (Lipinski definition) is 0. The molecule has 3 aromatic carbocycles. The van der Waals surface area contributed by atoms with Crippen LogP contribution in [-0.4, -0.2) is 44.8 Å². The van der Waals surface area contributed by atoms with Gasteiger partial charge in [-0.1, -0.05) is 58.8 Å². The number of rotatable bonds is 22. The monoisotopic (exact) mass is 688 g/mol. The van der Waals surface area contributed by atoms with Crippen molar-refractivity contribution < 1.29 is 23.9 Å². The fourth-order valence-electron chi connectivity index (χ4n) is 5.01. The second-order valence-electron chi connectivity index (χ2n) is 12.7. The molecule has 0 atom stereocenters. The van der Waals surface area contributed by atoms with Crippen molar-refractivity contribution in [2.24, 2.45) is 25.9 Å². The molecule has 3 rings (SSSR count). The topological polar surface area (TPSA) is 141 Å². The van der Waals surface area contributed by atoms with E-state index < -0.39 is 10.3 Å². The highest BCUT2D eigenvalue weighted by molar-refractivity contribution is 5.75. The summed E-state index contributed by atoms with van der Waals surface area (Å²) in [7, 11) is 3.03. The van der Waals surface area contributed by atoms with Gasteiger partial charge in [0.1, 0.15) is 29.5 Å². The third kappa shape index (κ3) is 12.5. The normalized spacial score (nSPS) is 11.6. The lowest BCUT2D eigenvalue weighted by molar-refractivity contribution is -0.384. The van der Waals surface area contributed by atoms with Crippen LogP contribution in [0.3, 0.4) is 0 Å². The van der Waals surface area contributed by atoms with Crippen LogP contribution in [-0.2, 0) is 9.53 Å². The number of carbonyl (C=O) groups excluding carboxylic acids is 1. The van der Waals surface area contributed by atoms with Gasteiger partial charge in [-0.15, -0.1) is 10.2 Å². The molecule has 0 amide bonds. The van der Waals surface area contributed by atoms with Crippen LogP contribution in [0.15, 0.2) is 81.1 Å². The molecule has 0 aromatic heterocycles. The highest BCUT2D eigenvalue weighted by Gasteiger charge is 2.27. The highest BCUT2D eigenvalue weighted by Crippen LogP contribution is 2.41. The van der Waals surface area contributed by atoms with Gasteiger partial charge >= 0.3 is 5.97 Å². The van der Waals surface area contributed by atoms with Crippen LogP contribution in [0.5, 0.6) is 11.5 Å². The third-order valence-electron chi connectivity index (χ3n) is 8.61. The van der Waals surface area contributed by atoms with Crippen LogP contribution in [0, 0.1) is 15.5 Å². The first kappa shape index (κ1) is 39.6. The Labute approximate surface area is 296 Å². The Morgan fingerprint density at radius 2 is 1.24 bits per heavy atom. The van der Waals surface area contributed by atoms with E-state index in [2.05, 4.69) is 32.3 Å². The molecule has 0 aliphatic heterocycles. The first-order valence-corrected chi connectivity index (χ1v) is 17.5. The Hall–Kier alpha value is -4.87. The largest absolute Gasteiger partial charge is 0.494 e. The summed E-state index contributed by atoms with van der Waals surface area (Å²) in [5.41, 5.74) is 2.43. The first-order chi connectivity index (χ1) is 24.1. The van der Waals surface area contributed by atoms with E-state index in [4.69, 9.17) is 14.2 Å². The Balaban J connectivity index is 1.70. The number of benzene rings is 3. The van der Waals surface area contributed by atoms with Crippen molar-refractivity contribution in [3.63, 3.8) is 0 Å². The smallest absolute Gasteiger partial charge is 0.311 e. The summed E-state index contributed by atoms with van der Waals surface area (Å²) < 4.78 is 16.7. The zero-order valence-electron chi connectivity index (χ0n) is 30.4. The standard InChI is InChI=1S/C38H52N6O6/c1-7-9-10-11-12-13-14-15-24-43(25-26-50-37(45)38(3,4)8-2)31-20-16-29(17-21-31)39-41-33-27-36(49-6)34(28-35(33)48-5)42-40-30-18-22-32(23-19-30)44(46)47/h16-23,27-28H,7-15,24-26H2,1-6H3/b41-39+,42-40+. The summed E-state index contributed by atoms with van der Waals surface area (Å²) in [4.78, 5) is 25.3. The van der Waals surface area contributed by atoms with Crippen LogP contribution < -0.4 is 14.4 Å². The predicted molar refractivity (Wildman–Crippen MR) is 197 cm³/mol. The number of anilines is 1. The molecule has 0 aliphatic rings. The van der Waals surface area contributed by atoms with Gasteiger partial charge < -0.3 is 19.1 Å². The number of ether oxygens (including phenoxy) is 3. The molecule has 270 valence electrons. The number of azo groups is 2. The van der Waals surface area contributed by atoms with Crippen LogP contribution in [0.4, 0.5) is 34.1 Å². The van der Waals surface area contributed by atoms with Crippen molar-refractivity contribution in [2.45, 2.75) is 85.5 Å². The number of nitrogens with zero attached hydrogens (tertiary/aromatic N) is 6. The highest BCUT2D eigenvalue weighted by atomic mass is 16.6. The van der Waals surface area contributed by atoms with E-state index in [1.165, 1.54) is 83.4 Å². The summed E-state index contributed by atoms with van der Waals surface area (Å²) in [5, 5.41) is 28.2. The lowest BCUT2D eigenvalue weighted by atomic mass is 9.91. The molecule has 12 heteroatoms. The summed E-state index contributed by atoms with van der Waals surface area (Å²) in [6.45, 7) is 9.86. The third-order valence-corrected chi connectivity index (χ3v) is 8.61. The van der Waals surface area contributed by atoms with Crippen LogP contribution >= 0.6 is 0 Å². The van der Waals surface area contributed by atoms with Crippen molar-refractivity contribution >= 4 is 40.1 Å². The van der Waals surface area contributed by atoms with Gasteiger partial charge in [0.05, 0.1) is 42.5 Å². The number of methoxy groups -OCH3 is 2. The van der Waals surface area contributed by atoms with Crippen molar-refractivity contribution in [3.8, 4) is 11.5 Å². The van der Waals surface area contributed by atoms with Gasteiger partial charge in [-0.2, -0.15) is 10.2 Å². The predicted octanol–water partition coefficient (Wildman–Crippen LogP) is 11.4. The van der Waals surface area contributed by atoms with Gasteiger partial charge in [0.25, 0.3) is 5.69 Å². The molecule has 3 aromatic rings. The molecule has 0 fully saturated rings. The molecule has 0 saturated heterocycles. The van der Waals surface area contributed by atoms with E-state index in [9.17, 15) is 14.9 Å². The molecular weight excluding hydrogens is 636 g/mol. The second kappa shape index (κ2) is 20.6. The fourth-order valence-corrected chi connectivity index (χ4v) is 5.01. The Bertz CT molecular complexity index is 1560. The van der Waals surface area contributed by atoms with Crippen molar-refractivity contribution in [1.82, 2.24) is 0 Å². The SMILES string of the molecule is CCCCCCCCCCN(CCOC(=O)C(C)(C)CC)c1ccc(/N=N/c2cc(OC)c(/N=N/c3ccc([N+](=O)[O-])cc3)cc2OC)cc1. The fraction of sp³-hybridized carbons (Fsp3) is 0.500. The van der Waals surface area contributed by atoms with Crippen LogP contribution in [0.25, 0.3) is 0 Å². The van der Waals surface area contributed by atoms with Gasteiger partial charge in [0.2, 0.25) is 0 Å². The summed E-state index contributed by atoms with van der Waals surface area (Å²) in [6.07, 6.45) is 10.6. The summed E-state index contributed by atoms with van der Waals surface area (Å²) >= 11 is 0. The minimum absolute atomic E-state index is 0.0297. The van der Waals surface area contributed by atoms with E-state index in [1.807, 2.05) is 45.0 Å². The maximum Gasteiger partial charge on any atom is 0.311 e. The average Bonchev–Trinajstić information content (AvgIpc) is 3.13. The lowest BCUT2D eigenvalue weighted by Crippen LogP contribution is -2.32. The number of nitro groups is 1. The number of hydrogen-bond acceptors (Lipinski definition) is 11. The van der Waals surface area contributed by atoms with E-state index in [-0.39, 0.29) is 11.7 Å². The molecule has 0 bridgehead atoms. The second-order valence-corrected chi connectivity index (χ2v) is 12.7. The molecule has 0 N–H and O–H groups in total. The first-order valence-electron chi connectivity index (χ1n) is 17.5. The van der Waals surface area contributed by atoms with E-state index in [0.29, 0.717) is 47.4 Å². The van der Waals surface area contributed by atoms with Gasteiger partial charge in [0.15, 0.2) is 0 Å². The minimum Gasteiger partial charge on any atom is -0.494 e. The maximum atomic E-state index is 12.6. The Morgan fingerprint density at radius 1 is 0.740 bits per heavy atom. The minimum atomic E-state index is -0.498. The Kier molecular flexibility index (Phi) is 16.3. The molecule has 0 unspecified atom stereocenters. The van der Waals surface area contributed by atoms with Crippen molar-refractivity contribution in [3.05, 3.63) is 70.8 Å². The van der Waals surface area contributed by atoms with Crippen molar-refractivity contribution in [2.75, 3.05) is 38.8 Å². The van der Waals surface area contributed by atoms with Gasteiger partial charge in [-0.3, -0.25) is 14.9 Å². The maximum absolute atomic E-state index is 12.6. The molecule has 0 aliphatic carbocycles. The van der Waals surface area contributed by atoms with Gasteiger partial charge in [-0.25, -0.2) is 0 Å². The summed E-state index contributed by atoms with van der Waals surface area (Å²) in [6, 6.07) is 16.9. The Morgan fingerprint density at radius 3 is 1.72 bits per heavy atom. The average molecular weight is 689 g/mol. The molecule has 0 saturated carbocycles. The number of carbonyl (C=O) groups is 1. The molecular formula is C38H52N6O6. The molecule has 0 radical (unpaired) electrons. The van der Waals surface area contributed by atoms with E-state index in [0.717, 1.165) is 25.1 Å².